The lowest BCUT2D eigenvalue weighted by molar-refractivity contribution is -0.0498. The van der Waals surface area contributed by atoms with E-state index in [9.17, 15) is 17.2 Å². The lowest BCUT2D eigenvalue weighted by atomic mass is 10.2. The molecule has 2 heterocycles. The van der Waals surface area contributed by atoms with Crippen LogP contribution >= 0.6 is 11.6 Å². The predicted octanol–water partition coefficient (Wildman–Crippen LogP) is 3.36. The minimum absolute atomic E-state index is 0.0831. The molecule has 1 N–H and O–H groups in total. The van der Waals surface area contributed by atoms with Crippen LogP contribution in [0.3, 0.4) is 0 Å². The van der Waals surface area contributed by atoms with Crippen LogP contribution in [-0.2, 0) is 10.0 Å². The number of ether oxygens (including phenoxy) is 1. The summed E-state index contributed by atoms with van der Waals surface area (Å²) in [7, 11) is -3.58. The fraction of sp³-hybridized carbons (Fsp3) is 0.200. The predicted molar refractivity (Wildman–Crippen MR) is 93.7 cm³/mol. The number of rotatable bonds is 5. The Bertz CT molecular complexity index is 1090. The van der Waals surface area contributed by atoms with Crippen molar-refractivity contribution in [1.29, 1.82) is 0 Å². The highest BCUT2D eigenvalue weighted by molar-refractivity contribution is 7.92. The van der Waals surface area contributed by atoms with Crippen molar-refractivity contribution in [2.24, 2.45) is 0 Å². The highest BCUT2D eigenvalue weighted by Gasteiger charge is 2.18. The Kier molecular flexibility index (Phi) is 4.72. The van der Waals surface area contributed by atoms with E-state index in [-0.39, 0.29) is 22.3 Å². The number of aromatic nitrogens is 3. The number of anilines is 1. The molecule has 0 saturated carbocycles. The second kappa shape index (κ2) is 6.69. The van der Waals surface area contributed by atoms with Gasteiger partial charge in [0.15, 0.2) is 5.75 Å². The van der Waals surface area contributed by atoms with E-state index in [1.165, 1.54) is 23.0 Å². The van der Waals surface area contributed by atoms with Gasteiger partial charge < -0.3 is 4.74 Å². The number of benzene rings is 1. The molecule has 0 bridgehead atoms. The van der Waals surface area contributed by atoms with Crippen molar-refractivity contribution in [2.45, 2.75) is 13.5 Å². The number of halogens is 3. The van der Waals surface area contributed by atoms with Crippen molar-refractivity contribution in [2.75, 3.05) is 11.0 Å². The summed E-state index contributed by atoms with van der Waals surface area (Å²) in [5.74, 6) is -0.244. The van der Waals surface area contributed by atoms with Crippen molar-refractivity contribution < 1.29 is 21.9 Å². The van der Waals surface area contributed by atoms with Crippen LogP contribution in [0.25, 0.3) is 16.6 Å². The zero-order valence-electron chi connectivity index (χ0n) is 13.6. The Labute approximate surface area is 152 Å². The first kappa shape index (κ1) is 18.3. The first-order chi connectivity index (χ1) is 12.1. The Morgan fingerprint density at radius 1 is 1.31 bits per heavy atom. The molecule has 0 saturated heterocycles. The van der Waals surface area contributed by atoms with Gasteiger partial charge in [-0.2, -0.15) is 13.9 Å². The quantitative estimate of drug-likeness (QED) is 0.661. The van der Waals surface area contributed by atoms with Crippen molar-refractivity contribution in [1.82, 2.24) is 14.8 Å². The molecule has 3 rings (SSSR count). The molecule has 0 aliphatic rings. The van der Waals surface area contributed by atoms with Gasteiger partial charge >= 0.3 is 6.61 Å². The minimum atomic E-state index is -3.58. The number of hydrogen-bond donors (Lipinski definition) is 1. The fourth-order valence-electron chi connectivity index (χ4n) is 2.47. The van der Waals surface area contributed by atoms with Crippen LogP contribution in [-0.4, -0.2) is 36.0 Å². The summed E-state index contributed by atoms with van der Waals surface area (Å²) in [6, 6.07) is 5.55. The molecule has 3 aromatic rings. The molecule has 0 aliphatic carbocycles. The smallest absolute Gasteiger partial charge is 0.387 e. The number of pyridine rings is 1. The van der Waals surface area contributed by atoms with Crippen LogP contribution in [0.1, 0.15) is 5.69 Å². The number of nitrogens with one attached hydrogen (secondary N) is 1. The lowest BCUT2D eigenvalue weighted by Crippen LogP contribution is -2.11. The lowest BCUT2D eigenvalue weighted by Gasteiger charge is -2.14. The first-order valence-corrected chi connectivity index (χ1v) is 9.49. The number of hydrogen-bond acceptors (Lipinski definition) is 5. The van der Waals surface area contributed by atoms with Gasteiger partial charge in [0.1, 0.15) is 10.8 Å². The Hall–Kier alpha value is -2.46. The third-order valence-corrected chi connectivity index (χ3v) is 4.24. The summed E-state index contributed by atoms with van der Waals surface area (Å²) in [5.41, 5.74) is 1.44. The molecule has 0 atom stereocenters. The zero-order chi connectivity index (χ0) is 19.1. The largest absolute Gasteiger partial charge is 0.432 e. The van der Waals surface area contributed by atoms with E-state index in [0.29, 0.717) is 16.6 Å². The van der Waals surface area contributed by atoms with Crippen LogP contribution < -0.4 is 9.46 Å². The molecule has 0 fully saturated rings. The minimum Gasteiger partial charge on any atom is -0.432 e. The third kappa shape index (κ3) is 3.86. The molecule has 0 amide bonds. The fourth-order valence-corrected chi connectivity index (χ4v) is 3.18. The summed E-state index contributed by atoms with van der Waals surface area (Å²) in [6.07, 6.45) is 2.48. The Morgan fingerprint density at radius 3 is 2.69 bits per heavy atom. The van der Waals surface area contributed by atoms with E-state index < -0.39 is 16.6 Å². The molecule has 0 aliphatic heterocycles. The van der Waals surface area contributed by atoms with Gasteiger partial charge in [-0.1, -0.05) is 11.6 Å². The Morgan fingerprint density at radius 2 is 2.04 bits per heavy atom. The molecular formula is C15H13ClF2N4O3S. The van der Waals surface area contributed by atoms with Crippen LogP contribution in [0, 0.1) is 6.92 Å². The molecular weight excluding hydrogens is 390 g/mol. The molecule has 0 spiro atoms. The highest BCUT2D eigenvalue weighted by Crippen LogP contribution is 2.32. The van der Waals surface area contributed by atoms with Gasteiger partial charge in [-0.3, -0.25) is 4.72 Å². The van der Waals surface area contributed by atoms with Crippen molar-refractivity contribution in [3.05, 3.63) is 41.3 Å². The topological polar surface area (TPSA) is 86.1 Å². The van der Waals surface area contributed by atoms with E-state index in [2.05, 4.69) is 19.5 Å². The number of aryl methyl sites for hydroxylation is 1. The normalized spacial score (nSPS) is 11.9. The molecule has 11 heteroatoms. The molecule has 7 nitrogen and oxygen atoms in total. The second-order valence-corrected chi connectivity index (χ2v) is 7.59. The summed E-state index contributed by atoms with van der Waals surface area (Å²) in [5, 5.41) is 5.23. The van der Waals surface area contributed by atoms with Crippen LogP contribution in [0.15, 0.2) is 30.5 Å². The molecule has 1 aromatic carbocycles. The summed E-state index contributed by atoms with van der Waals surface area (Å²) in [4.78, 5) is 3.98. The van der Waals surface area contributed by atoms with E-state index in [1.54, 1.807) is 13.0 Å². The van der Waals surface area contributed by atoms with E-state index in [0.717, 1.165) is 12.3 Å². The van der Waals surface area contributed by atoms with Crippen LogP contribution in [0.2, 0.25) is 5.15 Å². The third-order valence-electron chi connectivity index (χ3n) is 3.42. The number of fused-ring (bicyclic) bond motifs is 1. The van der Waals surface area contributed by atoms with Gasteiger partial charge in [0.25, 0.3) is 0 Å². The maximum absolute atomic E-state index is 12.8. The second-order valence-electron chi connectivity index (χ2n) is 5.46. The molecule has 0 radical (unpaired) electrons. The van der Waals surface area contributed by atoms with Gasteiger partial charge in [0.2, 0.25) is 10.0 Å². The molecule has 26 heavy (non-hydrogen) atoms. The summed E-state index contributed by atoms with van der Waals surface area (Å²) >= 11 is 5.93. The first-order valence-electron chi connectivity index (χ1n) is 7.22. The molecule has 138 valence electrons. The van der Waals surface area contributed by atoms with Gasteiger partial charge in [-0.05, 0) is 19.1 Å². The summed E-state index contributed by atoms with van der Waals surface area (Å²) < 4.78 is 56.6. The number of sulfonamides is 1. The monoisotopic (exact) mass is 402 g/mol. The van der Waals surface area contributed by atoms with Crippen LogP contribution in [0.5, 0.6) is 5.75 Å². The zero-order valence-corrected chi connectivity index (χ0v) is 15.1. The van der Waals surface area contributed by atoms with E-state index in [4.69, 9.17) is 11.6 Å². The average Bonchev–Trinajstić information content (AvgIpc) is 2.81. The maximum atomic E-state index is 12.8. The van der Waals surface area contributed by atoms with Gasteiger partial charge in [-0.25, -0.2) is 18.1 Å². The van der Waals surface area contributed by atoms with Gasteiger partial charge in [0.05, 0.1) is 23.2 Å². The van der Waals surface area contributed by atoms with E-state index >= 15 is 0 Å². The highest BCUT2D eigenvalue weighted by atomic mass is 35.5. The summed E-state index contributed by atoms with van der Waals surface area (Å²) in [6.45, 7) is -1.36. The SMILES string of the molecule is Cc1nn(-c2ccc(NS(C)(=O)=O)cc2OC(F)F)c2cc(Cl)ncc12. The maximum Gasteiger partial charge on any atom is 0.387 e. The molecule has 2 aromatic heterocycles. The van der Waals surface area contributed by atoms with Gasteiger partial charge in [-0.15, -0.1) is 0 Å². The van der Waals surface area contributed by atoms with E-state index in [1.807, 2.05) is 0 Å². The van der Waals surface area contributed by atoms with Crippen molar-refractivity contribution >= 4 is 38.2 Å². The number of nitrogens with zero attached hydrogens (tertiary/aromatic N) is 3. The van der Waals surface area contributed by atoms with Crippen molar-refractivity contribution in [3.63, 3.8) is 0 Å². The molecule has 0 unspecified atom stereocenters. The van der Waals surface area contributed by atoms with Crippen molar-refractivity contribution in [3.8, 4) is 11.4 Å². The van der Waals surface area contributed by atoms with Gasteiger partial charge in [0, 0.05) is 23.7 Å². The standard InChI is InChI=1S/C15H13ClF2N4O3S/c1-8-10-7-19-14(16)6-12(10)22(20-8)11-4-3-9(21-26(2,23)24)5-13(11)25-15(17)18/h3-7,15,21H,1-2H3. The van der Waals surface area contributed by atoms with Crippen LogP contribution in [0.4, 0.5) is 14.5 Å². The number of alkyl halides is 2. The Balaban J connectivity index is 2.19. The average molecular weight is 403 g/mol.